The van der Waals surface area contributed by atoms with Gasteiger partial charge in [-0.15, -0.1) is 0 Å². The number of rotatable bonds is 5. The SMILES string of the molecule is CCCC(=O)Oc1c(Br)cc(/C=C2\N=C(c3ccccc3C)OC2=O)cc1Br. The monoisotopic (exact) mass is 505 g/mol. The van der Waals surface area contributed by atoms with Crippen molar-refractivity contribution < 1.29 is 19.1 Å². The van der Waals surface area contributed by atoms with Crippen LogP contribution in [0.25, 0.3) is 6.08 Å². The van der Waals surface area contributed by atoms with E-state index >= 15 is 0 Å². The van der Waals surface area contributed by atoms with Crippen LogP contribution in [0.15, 0.2) is 56.0 Å². The van der Waals surface area contributed by atoms with Gasteiger partial charge < -0.3 is 9.47 Å². The predicted molar refractivity (Wildman–Crippen MR) is 114 cm³/mol. The van der Waals surface area contributed by atoms with Gasteiger partial charge in [0.1, 0.15) is 0 Å². The Morgan fingerprint density at radius 1 is 1.21 bits per heavy atom. The fourth-order valence-corrected chi connectivity index (χ4v) is 4.01. The fourth-order valence-electron chi connectivity index (χ4n) is 2.62. The van der Waals surface area contributed by atoms with E-state index in [0.717, 1.165) is 11.1 Å². The summed E-state index contributed by atoms with van der Waals surface area (Å²) < 4.78 is 11.9. The molecule has 0 saturated carbocycles. The van der Waals surface area contributed by atoms with E-state index in [1.54, 1.807) is 18.2 Å². The van der Waals surface area contributed by atoms with Gasteiger partial charge in [-0.2, -0.15) is 0 Å². The first kappa shape index (κ1) is 20.5. The third-order valence-electron chi connectivity index (χ3n) is 3.99. The number of aryl methyl sites for hydroxylation is 1. The minimum atomic E-state index is -0.510. The summed E-state index contributed by atoms with van der Waals surface area (Å²) in [5, 5.41) is 0. The van der Waals surface area contributed by atoms with Crippen molar-refractivity contribution in [2.24, 2.45) is 4.99 Å². The van der Waals surface area contributed by atoms with Crippen LogP contribution >= 0.6 is 31.9 Å². The molecule has 3 rings (SSSR count). The van der Waals surface area contributed by atoms with Gasteiger partial charge in [0.05, 0.1) is 8.95 Å². The van der Waals surface area contributed by atoms with Crippen molar-refractivity contribution in [3.8, 4) is 5.75 Å². The molecule has 0 amide bonds. The van der Waals surface area contributed by atoms with Gasteiger partial charge in [-0.3, -0.25) is 4.79 Å². The Balaban J connectivity index is 1.90. The second-order valence-corrected chi connectivity index (χ2v) is 7.90. The number of benzene rings is 2. The number of carbonyl (C=O) groups excluding carboxylic acids is 2. The van der Waals surface area contributed by atoms with Gasteiger partial charge in [-0.05, 0) is 80.6 Å². The normalized spacial score (nSPS) is 14.8. The molecule has 2 aromatic rings. The first-order valence-corrected chi connectivity index (χ1v) is 10.3. The van der Waals surface area contributed by atoms with E-state index in [1.807, 2.05) is 38.1 Å². The van der Waals surface area contributed by atoms with Gasteiger partial charge in [-0.25, -0.2) is 9.79 Å². The summed E-state index contributed by atoms with van der Waals surface area (Å²) >= 11 is 6.82. The second-order valence-electron chi connectivity index (χ2n) is 6.19. The summed E-state index contributed by atoms with van der Waals surface area (Å²) in [7, 11) is 0. The highest BCUT2D eigenvalue weighted by Gasteiger charge is 2.25. The minimum absolute atomic E-state index is 0.202. The number of hydrogen-bond donors (Lipinski definition) is 0. The summed E-state index contributed by atoms with van der Waals surface area (Å²) in [4.78, 5) is 28.3. The molecule has 7 heteroatoms. The maximum Gasteiger partial charge on any atom is 0.363 e. The zero-order valence-electron chi connectivity index (χ0n) is 15.3. The van der Waals surface area contributed by atoms with E-state index in [9.17, 15) is 9.59 Å². The van der Waals surface area contributed by atoms with Crippen molar-refractivity contribution >= 4 is 55.8 Å². The summed E-state index contributed by atoms with van der Waals surface area (Å²) in [5.41, 5.74) is 2.65. The third kappa shape index (κ3) is 4.59. The van der Waals surface area contributed by atoms with Gasteiger partial charge in [0, 0.05) is 12.0 Å². The van der Waals surface area contributed by atoms with E-state index in [-0.39, 0.29) is 17.6 Å². The van der Waals surface area contributed by atoms with Crippen LogP contribution in [0, 0.1) is 6.92 Å². The summed E-state index contributed by atoms with van der Waals surface area (Å²) in [5.74, 6) is -0.123. The molecule has 0 aromatic heterocycles. The fraction of sp³-hybridized carbons (Fsp3) is 0.190. The molecule has 0 radical (unpaired) electrons. The maximum absolute atomic E-state index is 12.2. The van der Waals surface area contributed by atoms with Crippen LogP contribution in [0.2, 0.25) is 0 Å². The number of ether oxygens (including phenoxy) is 2. The van der Waals surface area contributed by atoms with Crippen LogP contribution in [0.4, 0.5) is 0 Å². The largest absolute Gasteiger partial charge is 0.424 e. The molecular formula is C21H17Br2NO4. The van der Waals surface area contributed by atoms with Gasteiger partial charge >= 0.3 is 11.9 Å². The highest BCUT2D eigenvalue weighted by molar-refractivity contribution is 9.11. The van der Waals surface area contributed by atoms with Crippen molar-refractivity contribution in [2.75, 3.05) is 0 Å². The van der Waals surface area contributed by atoms with Crippen LogP contribution < -0.4 is 4.74 Å². The number of aliphatic imine (C=N–C) groups is 1. The molecule has 0 saturated heterocycles. The van der Waals surface area contributed by atoms with E-state index < -0.39 is 5.97 Å². The average Bonchev–Trinajstić information content (AvgIpc) is 2.99. The zero-order chi connectivity index (χ0) is 20.3. The Bertz CT molecular complexity index is 988. The van der Waals surface area contributed by atoms with Crippen molar-refractivity contribution in [3.05, 3.63) is 67.7 Å². The molecular weight excluding hydrogens is 490 g/mol. The molecule has 0 N–H and O–H groups in total. The number of esters is 2. The highest BCUT2D eigenvalue weighted by atomic mass is 79.9. The van der Waals surface area contributed by atoms with Crippen LogP contribution in [0.1, 0.15) is 36.5 Å². The number of hydrogen-bond acceptors (Lipinski definition) is 5. The van der Waals surface area contributed by atoms with Crippen LogP contribution in [0.5, 0.6) is 5.75 Å². The molecule has 2 aromatic carbocycles. The number of nitrogens with zero attached hydrogens (tertiary/aromatic N) is 1. The van der Waals surface area contributed by atoms with Gasteiger partial charge in [0.15, 0.2) is 11.4 Å². The van der Waals surface area contributed by atoms with Crippen LogP contribution in [-0.2, 0) is 14.3 Å². The molecule has 1 heterocycles. The Kier molecular flexibility index (Phi) is 6.46. The molecule has 0 unspecified atom stereocenters. The number of halogens is 2. The Morgan fingerprint density at radius 3 is 2.54 bits per heavy atom. The molecule has 144 valence electrons. The number of cyclic esters (lactones) is 1. The Labute approximate surface area is 179 Å². The first-order valence-electron chi connectivity index (χ1n) is 8.67. The molecule has 0 fully saturated rings. The molecule has 28 heavy (non-hydrogen) atoms. The van der Waals surface area contributed by atoms with Gasteiger partial charge in [-0.1, -0.05) is 25.1 Å². The summed E-state index contributed by atoms with van der Waals surface area (Å²) in [6.07, 6.45) is 2.68. The van der Waals surface area contributed by atoms with Crippen molar-refractivity contribution in [3.63, 3.8) is 0 Å². The van der Waals surface area contributed by atoms with E-state index in [1.165, 1.54) is 0 Å². The lowest BCUT2D eigenvalue weighted by Gasteiger charge is -2.09. The van der Waals surface area contributed by atoms with Crippen molar-refractivity contribution in [1.82, 2.24) is 0 Å². The van der Waals surface area contributed by atoms with E-state index in [0.29, 0.717) is 33.1 Å². The lowest BCUT2D eigenvalue weighted by atomic mass is 10.1. The smallest absolute Gasteiger partial charge is 0.363 e. The summed E-state index contributed by atoms with van der Waals surface area (Å²) in [6, 6.07) is 11.1. The van der Waals surface area contributed by atoms with Crippen LogP contribution in [0.3, 0.4) is 0 Å². The maximum atomic E-state index is 12.2. The topological polar surface area (TPSA) is 65.0 Å². The molecule has 0 atom stereocenters. The van der Waals surface area contributed by atoms with E-state index in [2.05, 4.69) is 36.9 Å². The van der Waals surface area contributed by atoms with Crippen molar-refractivity contribution in [1.29, 1.82) is 0 Å². The minimum Gasteiger partial charge on any atom is -0.424 e. The van der Waals surface area contributed by atoms with Crippen molar-refractivity contribution in [2.45, 2.75) is 26.7 Å². The zero-order valence-corrected chi connectivity index (χ0v) is 18.5. The predicted octanol–water partition coefficient (Wildman–Crippen LogP) is 5.57. The van der Waals surface area contributed by atoms with E-state index in [4.69, 9.17) is 9.47 Å². The first-order chi connectivity index (χ1) is 13.4. The Morgan fingerprint density at radius 2 is 1.89 bits per heavy atom. The standard InChI is InChI=1S/C21H17Br2NO4/c1-3-6-18(25)27-19-15(22)9-13(10-16(19)23)11-17-21(26)28-20(24-17)14-8-5-4-7-12(14)2/h4-5,7-11H,3,6H2,1-2H3/b17-11-. The molecule has 0 bridgehead atoms. The summed E-state index contributed by atoms with van der Waals surface area (Å²) in [6.45, 7) is 3.84. The third-order valence-corrected chi connectivity index (χ3v) is 5.17. The molecule has 1 aliphatic heterocycles. The molecule has 0 aliphatic carbocycles. The number of carbonyl (C=O) groups is 2. The lowest BCUT2D eigenvalue weighted by Crippen LogP contribution is -2.08. The quantitative estimate of drug-likeness (QED) is 0.302. The van der Waals surface area contributed by atoms with Crippen LogP contribution in [-0.4, -0.2) is 17.8 Å². The average molecular weight is 507 g/mol. The molecule has 5 nitrogen and oxygen atoms in total. The van der Waals surface area contributed by atoms with Gasteiger partial charge in [0.25, 0.3) is 0 Å². The second kappa shape index (κ2) is 8.84. The molecule has 1 aliphatic rings. The molecule has 0 spiro atoms. The Hall–Kier alpha value is -2.25. The highest BCUT2D eigenvalue weighted by Crippen LogP contribution is 2.36. The lowest BCUT2D eigenvalue weighted by molar-refractivity contribution is -0.134. The van der Waals surface area contributed by atoms with Gasteiger partial charge in [0.2, 0.25) is 5.90 Å².